The van der Waals surface area contributed by atoms with Gasteiger partial charge in [-0.1, -0.05) is 6.92 Å². The number of alkyl halides is 3. The van der Waals surface area contributed by atoms with Crippen LogP contribution in [0.15, 0.2) is 12.1 Å². The van der Waals surface area contributed by atoms with Crippen molar-refractivity contribution in [3.63, 3.8) is 0 Å². The van der Waals surface area contributed by atoms with E-state index in [-0.39, 0.29) is 6.54 Å². The number of nitrogens with one attached hydrogen (secondary N) is 1. The Labute approximate surface area is 111 Å². The van der Waals surface area contributed by atoms with Crippen molar-refractivity contribution in [3.8, 4) is 0 Å². The minimum absolute atomic E-state index is 0.0807. The molecule has 3 nitrogen and oxygen atoms in total. The zero-order valence-corrected chi connectivity index (χ0v) is 11.5. The summed E-state index contributed by atoms with van der Waals surface area (Å²) in [7, 11) is 3.47. The number of rotatable bonds is 6. The Balaban J connectivity index is 2.82. The molecule has 108 valence electrons. The standard InChI is InChI=1S/C13H20F3N3/c1-4-11-7-10(9-17-2)8-12(18-11)19(3)6-5-13(14,15)16/h7-8,17H,4-6,9H2,1-3H3. The normalized spacial score (nSPS) is 11.7. The van der Waals surface area contributed by atoms with Crippen molar-refractivity contribution in [3.05, 3.63) is 23.4 Å². The fourth-order valence-electron chi connectivity index (χ4n) is 1.73. The second kappa shape index (κ2) is 6.75. The molecular weight excluding hydrogens is 255 g/mol. The molecule has 0 amide bonds. The Bertz CT molecular complexity index is 405. The van der Waals surface area contributed by atoms with E-state index in [1.54, 1.807) is 11.9 Å². The van der Waals surface area contributed by atoms with Crippen LogP contribution in [0.3, 0.4) is 0 Å². The Hall–Kier alpha value is -1.30. The lowest BCUT2D eigenvalue weighted by Crippen LogP contribution is -2.25. The van der Waals surface area contributed by atoms with Gasteiger partial charge in [0.25, 0.3) is 0 Å². The Morgan fingerprint density at radius 1 is 1.32 bits per heavy atom. The van der Waals surface area contributed by atoms with E-state index < -0.39 is 12.6 Å². The van der Waals surface area contributed by atoms with Gasteiger partial charge in [-0.25, -0.2) is 4.98 Å². The number of anilines is 1. The molecule has 1 heterocycles. The molecule has 0 saturated carbocycles. The summed E-state index contributed by atoms with van der Waals surface area (Å²) >= 11 is 0. The highest BCUT2D eigenvalue weighted by Crippen LogP contribution is 2.21. The van der Waals surface area contributed by atoms with Crippen LogP contribution in [-0.4, -0.2) is 31.8 Å². The molecule has 1 rings (SSSR count). The number of nitrogens with zero attached hydrogens (tertiary/aromatic N) is 2. The van der Waals surface area contributed by atoms with E-state index in [1.807, 2.05) is 26.1 Å². The van der Waals surface area contributed by atoms with Crippen LogP contribution in [0.5, 0.6) is 0 Å². The summed E-state index contributed by atoms with van der Waals surface area (Å²) in [4.78, 5) is 5.91. The van der Waals surface area contributed by atoms with Crippen LogP contribution in [0.1, 0.15) is 24.6 Å². The molecule has 0 saturated heterocycles. The summed E-state index contributed by atoms with van der Waals surface area (Å²) in [6.45, 7) is 2.57. The number of aryl methyl sites for hydroxylation is 1. The number of pyridine rings is 1. The first-order valence-corrected chi connectivity index (χ1v) is 6.28. The summed E-state index contributed by atoms with van der Waals surface area (Å²) < 4.78 is 36.7. The van der Waals surface area contributed by atoms with Crippen molar-refractivity contribution in [2.75, 3.05) is 25.5 Å². The maximum absolute atomic E-state index is 12.2. The van der Waals surface area contributed by atoms with E-state index >= 15 is 0 Å². The van der Waals surface area contributed by atoms with Crippen molar-refractivity contribution in [1.29, 1.82) is 0 Å². The highest BCUT2D eigenvalue weighted by atomic mass is 19.4. The molecule has 0 fully saturated rings. The van der Waals surface area contributed by atoms with E-state index in [0.717, 1.165) is 17.7 Å². The molecule has 0 atom stereocenters. The second-order valence-corrected chi connectivity index (χ2v) is 4.50. The molecule has 0 spiro atoms. The van der Waals surface area contributed by atoms with Crippen molar-refractivity contribution < 1.29 is 13.2 Å². The Kier molecular flexibility index (Phi) is 5.60. The summed E-state index contributed by atoms with van der Waals surface area (Å²) in [6, 6.07) is 3.80. The molecule has 1 aromatic rings. The van der Waals surface area contributed by atoms with Gasteiger partial charge in [0.15, 0.2) is 0 Å². The second-order valence-electron chi connectivity index (χ2n) is 4.50. The molecule has 0 unspecified atom stereocenters. The lowest BCUT2D eigenvalue weighted by molar-refractivity contribution is -0.132. The molecule has 0 radical (unpaired) electrons. The van der Waals surface area contributed by atoms with Gasteiger partial charge in [0, 0.05) is 25.8 Å². The van der Waals surface area contributed by atoms with E-state index in [2.05, 4.69) is 10.3 Å². The highest BCUT2D eigenvalue weighted by Gasteiger charge is 2.27. The average molecular weight is 275 g/mol. The summed E-state index contributed by atoms with van der Waals surface area (Å²) in [5, 5.41) is 3.03. The molecule has 1 aromatic heterocycles. The summed E-state index contributed by atoms with van der Waals surface area (Å²) in [5.41, 5.74) is 1.92. The van der Waals surface area contributed by atoms with Gasteiger partial charge < -0.3 is 10.2 Å². The van der Waals surface area contributed by atoms with Crippen molar-refractivity contribution >= 4 is 5.82 Å². The molecule has 1 N–H and O–H groups in total. The van der Waals surface area contributed by atoms with E-state index in [9.17, 15) is 13.2 Å². The van der Waals surface area contributed by atoms with Crippen LogP contribution in [0.25, 0.3) is 0 Å². The quantitative estimate of drug-likeness (QED) is 0.865. The Morgan fingerprint density at radius 2 is 2.00 bits per heavy atom. The number of halogens is 3. The minimum Gasteiger partial charge on any atom is -0.359 e. The lowest BCUT2D eigenvalue weighted by atomic mass is 10.2. The maximum atomic E-state index is 12.2. The fourth-order valence-corrected chi connectivity index (χ4v) is 1.73. The fraction of sp³-hybridized carbons (Fsp3) is 0.615. The van der Waals surface area contributed by atoms with Crippen LogP contribution in [0.2, 0.25) is 0 Å². The molecule has 19 heavy (non-hydrogen) atoms. The molecule has 0 aliphatic carbocycles. The smallest absolute Gasteiger partial charge is 0.359 e. The van der Waals surface area contributed by atoms with Gasteiger partial charge in [-0.2, -0.15) is 13.2 Å². The van der Waals surface area contributed by atoms with Gasteiger partial charge in [0.05, 0.1) is 6.42 Å². The zero-order valence-electron chi connectivity index (χ0n) is 11.5. The number of aromatic nitrogens is 1. The summed E-state index contributed by atoms with van der Waals surface area (Å²) in [6.07, 6.45) is -4.20. The molecule has 6 heteroatoms. The average Bonchev–Trinajstić information content (AvgIpc) is 2.35. The van der Waals surface area contributed by atoms with Gasteiger partial charge in [-0.15, -0.1) is 0 Å². The van der Waals surface area contributed by atoms with Crippen LogP contribution in [-0.2, 0) is 13.0 Å². The van der Waals surface area contributed by atoms with Crippen molar-refractivity contribution in [2.45, 2.75) is 32.5 Å². The van der Waals surface area contributed by atoms with Crippen LogP contribution < -0.4 is 10.2 Å². The monoisotopic (exact) mass is 275 g/mol. The minimum atomic E-state index is -4.13. The first-order valence-electron chi connectivity index (χ1n) is 6.28. The van der Waals surface area contributed by atoms with Crippen molar-refractivity contribution in [1.82, 2.24) is 10.3 Å². The first kappa shape index (κ1) is 15.8. The Morgan fingerprint density at radius 3 is 2.53 bits per heavy atom. The molecule has 0 bridgehead atoms. The van der Waals surface area contributed by atoms with Gasteiger partial charge in [0.1, 0.15) is 5.82 Å². The number of hydrogen-bond donors (Lipinski definition) is 1. The molecule has 0 aliphatic heterocycles. The lowest BCUT2D eigenvalue weighted by Gasteiger charge is -2.20. The predicted octanol–water partition coefficient (Wildman–Crippen LogP) is 2.75. The van der Waals surface area contributed by atoms with Crippen LogP contribution >= 0.6 is 0 Å². The summed E-state index contributed by atoms with van der Waals surface area (Å²) in [5.74, 6) is 0.592. The van der Waals surface area contributed by atoms with Gasteiger partial charge >= 0.3 is 6.18 Å². The SMILES string of the molecule is CCc1cc(CNC)cc(N(C)CCC(F)(F)F)n1. The molecular formula is C13H20F3N3. The van der Waals surface area contributed by atoms with E-state index in [1.165, 1.54) is 0 Å². The third kappa shape index (κ3) is 5.46. The van der Waals surface area contributed by atoms with Crippen molar-refractivity contribution in [2.24, 2.45) is 0 Å². The molecule has 0 aromatic carbocycles. The largest absolute Gasteiger partial charge is 0.390 e. The van der Waals surface area contributed by atoms with E-state index in [4.69, 9.17) is 0 Å². The van der Waals surface area contributed by atoms with Crippen LogP contribution in [0, 0.1) is 0 Å². The topological polar surface area (TPSA) is 28.2 Å². The third-order valence-electron chi connectivity index (χ3n) is 2.79. The third-order valence-corrected chi connectivity index (χ3v) is 2.79. The van der Waals surface area contributed by atoms with E-state index in [0.29, 0.717) is 12.4 Å². The van der Waals surface area contributed by atoms with Gasteiger partial charge in [-0.05, 0) is 31.2 Å². The maximum Gasteiger partial charge on any atom is 0.390 e. The number of hydrogen-bond acceptors (Lipinski definition) is 3. The van der Waals surface area contributed by atoms with Crippen LogP contribution in [0.4, 0.5) is 19.0 Å². The zero-order chi connectivity index (χ0) is 14.5. The van der Waals surface area contributed by atoms with Gasteiger partial charge in [0.2, 0.25) is 0 Å². The van der Waals surface area contributed by atoms with Gasteiger partial charge in [-0.3, -0.25) is 0 Å². The molecule has 0 aliphatic rings. The first-order chi connectivity index (χ1) is 8.85. The predicted molar refractivity (Wildman–Crippen MR) is 70.3 cm³/mol. The highest BCUT2D eigenvalue weighted by molar-refractivity contribution is 5.42.